The maximum absolute atomic E-state index is 10.1. The van der Waals surface area contributed by atoms with Crippen LogP contribution in [0.15, 0.2) is 0 Å². The predicted octanol–water partition coefficient (Wildman–Crippen LogP) is -4.36. The van der Waals surface area contributed by atoms with Crippen molar-refractivity contribution in [2.45, 2.75) is 0 Å². The van der Waals surface area contributed by atoms with E-state index in [4.69, 9.17) is 0 Å². The van der Waals surface area contributed by atoms with Crippen LogP contribution < -0.4 is 29.6 Å². The van der Waals surface area contributed by atoms with Gasteiger partial charge in [0.05, 0.1) is 7.11 Å². The number of methoxy groups -OCH3 is 1. The first-order valence-corrected chi connectivity index (χ1v) is 3.46. The third-order valence-electron chi connectivity index (χ3n) is 0.549. The van der Waals surface area contributed by atoms with Gasteiger partial charge in [-0.2, -0.15) is 0 Å². The minimum Gasteiger partial charge on any atom is -0.726 e. The van der Waals surface area contributed by atoms with Crippen molar-refractivity contribution >= 4 is 16.4 Å². The molecule has 0 saturated heterocycles. The Morgan fingerprint density at radius 3 is 2.27 bits per heavy atom. The van der Waals surface area contributed by atoms with E-state index in [1.165, 1.54) is 0 Å². The zero-order valence-corrected chi connectivity index (χ0v) is 8.88. The maximum atomic E-state index is 10.1. The normalized spacial score (nSPS) is 10.0. The topological polar surface area (TPSA) is 92.7 Å². The first-order valence-electron chi connectivity index (χ1n) is 2.13. The minimum absolute atomic E-state index is 0. The summed E-state index contributed by atoms with van der Waals surface area (Å²) >= 11 is 0. The smallest absolute Gasteiger partial charge is 0.726 e. The molecule has 8 heteroatoms. The molecule has 0 radical (unpaired) electrons. The fourth-order valence-electron chi connectivity index (χ4n) is 0.179. The average Bonchev–Trinajstić information content (AvgIpc) is 1.81. The van der Waals surface area contributed by atoms with E-state index in [1.54, 1.807) is 0 Å². The SMILES string of the molecule is COC(=O)COS(=O)(=O)[O-].[Na+]. The van der Waals surface area contributed by atoms with Crippen LogP contribution >= 0.6 is 0 Å². The van der Waals surface area contributed by atoms with Crippen LogP contribution in [0.2, 0.25) is 0 Å². The van der Waals surface area contributed by atoms with Gasteiger partial charge in [-0.1, -0.05) is 0 Å². The van der Waals surface area contributed by atoms with Crippen LogP contribution in [0.1, 0.15) is 0 Å². The van der Waals surface area contributed by atoms with Gasteiger partial charge in [0.15, 0.2) is 6.61 Å². The van der Waals surface area contributed by atoms with Crippen molar-refractivity contribution in [3.05, 3.63) is 0 Å². The van der Waals surface area contributed by atoms with Crippen molar-refractivity contribution < 1.29 is 56.2 Å². The molecule has 0 aromatic carbocycles. The Bertz CT molecular complexity index is 208. The van der Waals surface area contributed by atoms with Gasteiger partial charge in [-0.15, -0.1) is 0 Å². The molecule has 0 bridgehead atoms. The predicted molar refractivity (Wildman–Crippen MR) is 27.7 cm³/mol. The molecule has 0 spiro atoms. The van der Waals surface area contributed by atoms with Crippen LogP contribution in [0.4, 0.5) is 0 Å². The summed E-state index contributed by atoms with van der Waals surface area (Å²) in [6.45, 7) is -0.873. The first-order chi connectivity index (χ1) is 4.45. The van der Waals surface area contributed by atoms with Crippen molar-refractivity contribution in [1.29, 1.82) is 0 Å². The fraction of sp³-hybridized carbons (Fsp3) is 0.667. The number of carbonyl (C=O) groups excluding carboxylic acids is 1. The summed E-state index contributed by atoms with van der Waals surface area (Å²) in [6, 6.07) is 0. The molecule has 0 amide bonds. The van der Waals surface area contributed by atoms with E-state index in [2.05, 4.69) is 8.92 Å². The maximum Gasteiger partial charge on any atom is 1.00 e. The molecule has 0 unspecified atom stereocenters. The summed E-state index contributed by atoms with van der Waals surface area (Å²) in [5.74, 6) is -0.917. The number of rotatable bonds is 3. The van der Waals surface area contributed by atoms with Gasteiger partial charge in [0.25, 0.3) is 0 Å². The van der Waals surface area contributed by atoms with Crippen LogP contribution in [0.25, 0.3) is 0 Å². The molecule has 60 valence electrons. The summed E-state index contributed by atoms with van der Waals surface area (Å²) < 4.78 is 36.5. The molecule has 0 saturated carbocycles. The van der Waals surface area contributed by atoms with Crippen LogP contribution in [0, 0.1) is 0 Å². The molecule has 0 atom stereocenters. The minimum atomic E-state index is -4.78. The van der Waals surface area contributed by atoms with Gasteiger partial charge in [-0.3, -0.25) is 4.18 Å². The Labute approximate surface area is 86.1 Å². The van der Waals surface area contributed by atoms with E-state index >= 15 is 0 Å². The van der Waals surface area contributed by atoms with Crippen LogP contribution in [-0.4, -0.2) is 32.7 Å². The molecule has 0 rings (SSSR count). The molecule has 0 aromatic rings. The van der Waals surface area contributed by atoms with Gasteiger partial charge in [0.1, 0.15) is 0 Å². The molecule has 6 nitrogen and oxygen atoms in total. The Morgan fingerprint density at radius 1 is 1.55 bits per heavy atom. The molecular weight excluding hydrogens is 187 g/mol. The van der Waals surface area contributed by atoms with E-state index < -0.39 is 23.0 Å². The van der Waals surface area contributed by atoms with Gasteiger partial charge >= 0.3 is 35.5 Å². The molecule has 0 aliphatic heterocycles. The van der Waals surface area contributed by atoms with Gasteiger partial charge in [0, 0.05) is 0 Å². The second kappa shape index (κ2) is 5.92. The summed E-state index contributed by atoms with van der Waals surface area (Å²) in [7, 11) is -3.74. The van der Waals surface area contributed by atoms with E-state index in [9.17, 15) is 17.8 Å². The number of ether oxygens (including phenoxy) is 1. The molecule has 0 heterocycles. The molecule has 0 aromatic heterocycles. The van der Waals surface area contributed by atoms with Crippen LogP contribution in [0.3, 0.4) is 0 Å². The Morgan fingerprint density at radius 2 is 2.00 bits per heavy atom. The third-order valence-corrected chi connectivity index (χ3v) is 0.955. The van der Waals surface area contributed by atoms with E-state index in [0.29, 0.717) is 0 Å². The number of carbonyl (C=O) groups is 1. The molecule has 0 aliphatic carbocycles. The van der Waals surface area contributed by atoms with Crippen molar-refractivity contribution in [3.63, 3.8) is 0 Å². The van der Waals surface area contributed by atoms with E-state index in [1.807, 2.05) is 0 Å². The number of hydrogen-bond donors (Lipinski definition) is 0. The summed E-state index contributed by atoms with van der Waals surface area (Å²) in [5, 5.41) is 0. The summed E-state index contributed by atoms with van der Waals surface area (Å²) in [6.07, 6.45) is 0. The van der Waals surface area contributed by atoms with Gasteiger partial charge < -0.3 is 9.29 Å². The second-order valence-corrected chi connectivity index (χ2v) is 2.30. The van der Waals surface area contributed by atoms with Crippen molar-refractivity contribution in [1.82, 2.24) is 0 Å². The standard InChI is InChI=1S/C3H6O6S.Na/c1-8-3(4)2-9-10(5,6)7;/h2H2,1H3,(H,5,6,7);/q;+1/p-1. The Hall–Kier alpha value is 0.340. The molecule has 0 N–H and O–H groups in total. The zero-order valence-electron chi connectivity index (χ0n) is 6.06. The molecule has 11 heavy (non-hydrogen) atoms. The van der Waals surface area contributed by atoms with Crippen molar-refractivity contribution in [2.24, 2.45) is 0 Å². The summed E-state index contributed by atoms with van der Waals surface area (Å²) in [5.41, 5.74) is 0. The van der Waals surface area contributed by atoms with Crippen LogP contribution in [0.5, 0.6) is 0 Å². The average molecular weight is 192 g/mol. The second-order valence-electron chi connectivity index (χ2n) is 1.25. The number of hydrogen-bond acceptors (Lipinski definition) is 6. The largest absolute Gasteiger partial charge is 1.00 e. The van der Waals surface area contributed by atoms with Gasteiger partial charge in [0.2, 0.25) is 10.4 Å². The quantitative estimate of drug-likeness (QED) is 0.194. The van der Waals surface area contributed by atoms with E-state index in [-0.39, 0.29) is 29.6 Å². The van der Waals surface area contributed by atoms with Gasteiger partial charge in [-0.05, 0) is 0 Å². The third kappa shape index (κ3) is 10.3. The first kappa shape index (κ1) is 13.9. The Kier molecular flexibility index (Phi) is 7.48. The van der Waals surface area contributed by atoms with Crippen LogP contribution in [-0.2, 0) is 24.1 Å². The van der Waals surface area contributed by atoms with Crippen molar-refractivity contribution in [3.8, 4) is 0 Å². The molecule has 0 fully saturated rings. The van der Waals surface area contributed by atoms with E-state index in [0.717, 1.165) is 7.11 Å². The molecular formula is C3H5NaO6S. The fourth-order valence-corrected chi connectivity index (χ4v) is 0.420. The van der Waals surface area contributed by atoms with Crippen molar-refractivity contribution in [2.75, 3.05) is 13.7 Å². The monoisotopic (exact) mass is 192 g/mol. The summed E-state index contributed by atoms with van der Waals surface area (Å²) in [4.78, 5) is 10.1. The Balaban J connectivity index is 0. The van der Waals surface area contributed by atoms with Gasteiger partial charge in [-0.25, -0.2) is 13.2 Å². The molecule has 0 aliphatic rings. The number of esters is 1. The zero-order chi connectivity index (χ0) is 8.20.